The molecule has 122 valence electrons. The zero-order valence-corrected chi connectivity index (χ0v) is 13.7. The Labute approximate surface area is 141 Å². The maximum absolute atomic E-state index is 9.29. The number of methoxy groups -OCH3 is 1. The van der Waals surface area contributed by atoms with E-state index in [-0.39, 0.29) is 18.2 Å². The first-order chi connectivity index (χ1) is 10.7. The SMILES string of the molecule is COc1ccccc1N=C(NO)/C(C)=N\Nc1ccccc1.Cl. The van der Waals surface area contributed by atoms with Crippen LogP contribution in [0.2, 0.25) is 0 Å². The minimum atomic E-state index is 0. The van der Waals surface area contributed by atoms with Gasteiger partial charge in [0.2, 0.25) is 0 Å². The van der Waals surface area contributed by atoms with Crippen molar-refractivity contribution in [2.24, 2.45) is 10.1 Å². The summed E-state index contributed by atoms with van der Waals surface area (Å²) in [4.78, 5) is 4.32. The first kappa shape index (κ1) is 18.5. The van der Waals surface area contributed by atoms with E-state index in [1.807, 2.05) is 42.5 Å². The number of amidine groups is 1. The summed E-state index contributed by atoms with van der Waals surface area (Å²) in [7, 11) is 1.57. The van der Waals surface area contributed by atoms with E-state index in [1.165, 1.54) is 0 Å². The van der Waals surface area contributed by atoms with Crippen molar-refractivity contribution >= 4 is 35.3 Å². The monoisotopic (exact) mass is 334 g/mol. The van der Waals surface area contributed by atoms with Crippen molar-refractivity contribution in [2.75, 3.05) is 12.5 Å². The largest absolute Gasteiger partial charge is 0.494 e. The van der Waals surface area contributed by atoms with E-state index in [4.69, 9.17) is 4.74 Å². The molecule has 0 aliphatic carbocycles. The van der Waals surface area contributed by atoms with Crippen LogP contribution in [-0.2, 0) is 0 Å². The molecular formula is C16H19ClN4O2. The van der Waals surface area contributed by atoms with Crippen LogP contribution >= 0.6 is 12.4 Å². The first-order valence-electron chi connectivity index (χ1n) is 6.72. The second-order valence-corrected chi connectivity index (χ2v) is 4.42. The van der Waals surface area contributed by atoms with E-state index in [2.05, 4.69) is 21.0 Å². The molecule has 2 aromatic carbocycles. The van der Waals surface area contributed by atoms with Crippen LogP contribution in [0.3, 0.4) is 0 Å². The van der Waals surface area contributed by atoms with Crippen molar-refractivity contribution in [3.8, 4) is 5.75 Å². The van der Waals surface area contributed by atoms with Gasteiger partial charge >= 0.3 is 0 Å². The third kappa shape index (κ3) is 5.28. The molecule has 0 amide bonds. The highest BCUT2D eigenvalue weighted by atomic mass is 35.5. The summed E-state index contributed by atoms with van der Waals surface area (Å²) in [5.41, 5.74) is 6.89. The first-order valence-corrected chi connectivity index (χ1v) is 6.72. The predicted molar refractivity (Wildman–Crippen MR) is 95.4 cm³/mol. The molecule has 3 N–H and O–H groups in total. The summed E-state index contributed by atoms with van der Waals surface area (Å²) < 4.78 is 5.23. The molecule has 0 fully saturated rings. The van der Waals surface area contributed by atoms with Gasteiger partial charge in [0.15, 0.2) is 5.84 Å². The van der Waals surface area contributed by atoms with E-state index in [0.717, 1.165) is 5.69 Å². The number of para-hydroxylation sites is 3. The highest BCUT2D eigenvalue weighted by molar-refractivity contribution is 6.40. The molecule has 7 heteroatoms. The Morgan fingerprint density at radius 2 is 1.70 bits per heavy atom. The van der Waals surface area contributed by atoms with Gasteiger partial charge in [-0.15, -0.1) is 12.4 Å². The molecule has 0 unspecified atom stereocenters. The van der Waals surface area contributed by atoms with E-state index in [0.29, 0.717) is 17.1 Å². The Morgan fingerprint density at radius 3 is 2.35 bits per heavy atom. The lowest BCUT2D eigenvalue weighted by molar-refractivity contribution is 0.236. The number of benzene rings is 2. The molecule has 0 saturated heterocycles. The Balaban J connectivity index is 0.00000264. The van der Waals surface area contributed by atoms with Crippen molar-refractivity contribution < 1.29 is 9.94 Å². The molecule has 2 aromatic rings. The molecule has 0 aliphatic heterocycles. The zero-order chi connectivity index (χ0) is 15.8. The average Bonchev–Trinajstić information content (AvgIpc) is 2.58. The Hall–Kier alpha value is -2.57. The van der Waals surface area contributed by atoms with Crippen LogP contribution in [0.25, 0.3) is 0 Å². The fourth-order valence-corrected chi connectivity index (χ4v) is 1.74. The molecule has 0 spiro atoms. The minimum Gasteiger partial charge on any atom is -0.494 e. The molecular weight excluding hydrogens is 316 g/mol. The van der Waals surface area contributed by atoms with Crippen LogP contribution in [0, 0.1) is 0 Å². The molecule has 6 nitrogen and oxygen atoms in total. The molecule has 0 aliphatic rings. The predicted octanol–water partition coefficient (Wildman–Crippen LogP) is 3.61. The van der Waals surface area contributed by atoms with Crippen LogP contribution < -0.4 is 15.6 Å². The molecule has 0 bridgehead atoms. The Kier molecular flexibility index (Phi) is 7.59. The summed E-state index contributed by atoms with van der Waals surface area (Å²) in [6.45, 7) is 1.73. The highest BCUT2D eigenvalue weighted by Crippen LogP contribution is 2.26. The number of halogens is 1. The molecule has 0 radical (unpaired) electrons. The van der Waals surface area contributed by atoms with Crippen molar-refractivity contribution in [2.45, 2.75) is 6.92 Å². The maximum Gasteiger partial charge on any atom is 0.173 e. The number of hydrogen-bond donors (Lipinski definition) is 3. The lowest BCUT2D eigenvalue weighted by atomic mass is 10.3. The van der Waals surface area contributed by atoms with Crippen LogP contribution in [0.1, 0.15) is 6.92 Å². The summed E-state index contributed by atoms with van der Waals surface area (Å²) in [5.74, 6) is 0.840. The average molecular weight is 335 g/mol. The summed E-state index contributed by atoms with van der Waals surface area (Å²) >= 11 is 0. The lowest BCUT2D eigenvalue weighted by Gasteiger charge is -2.08. The number of anilines is 1. The van der Waals surface area contributed by atoms with E-state index >= 15 is 0 Å². The van der Waals surface area contributed by atoms with Crippen molar-refractivity contribution in [1.29, 1.82) is 0 Å². The van der Waals surface area contributed by atoms with E-state index < -0.39 is 0 Å². The number of hydrogen-bond acceptors (Lipinski definition) is 5. The number of aliphatic imine (C=N–C) groups is 1. The normalized spacial score (nSPS) is 11.4. The summed E-state index contributed by atoms with van der Waals surface area (Å²) in [6, 6.07) is 16.8. The highest BCUT2D eigenvalue weighted by Gasteiger charge is 2.06. The molecule has 0 aromatic heterocycles. The smallest absolute Gasteiger partial charge is 0.173 e. The number of ether oxygens (including phenoxy) is 1. The van der Waals surface area contributed by atoms with Gasteiger partial charge in [-0.3, -0.25) is 16.1 Å². The van der Waals surface area contributed by atoms with Crippen molar-refractivity contribution in [3.63, 3.8) is 0 Å². The van der Waals surface area contributed by atoms with Crippen LogP contribution in [-0.4, -0.2) is 23.9 Å². The molecule has 23 heavy (non-hydrogen) atoms. The Bertz CT molecular complexity index is 675. The van der Waals surface area contributed by atoms with Gasteiger partial charge in [-0.1, -0.05) is 30.3 Å². The van der Waals surface area contributed by atoms with Gasteiger partial charge in [-0.25, -0.2) is 4.99 Å². The zero-order valence-electron chi connectivity index (χ0n) is 12.9. The van der Waals surface area contributed by atoms with Crippen LogP contribution in [0.4, 0.5) is 11.4 Å². The van der Waals surface area contributed by atoms with Crippen LogP contribution in [0.15, 0.2) is 64.7 Å². The van der Waals surface area contributed by atoms with Gasteiger partial charge in [0.05, 0.1) is 12.8 Å². The third-order valence-electron chi connectivity index (χ3n) is 2.89. The van der Waals surface area contributed by atoms with Crippen LogP contribution in [0.5, 0.6) is 5.75 Å². The van der Waals surface area contributed by atoms with Crippen molar-refractivity contribution in [3.05, 3.63) is 54.6 Å². The molecule has 0 heterocycles. The fraction of sp³-hybridized carbons (Fsp3) is 0.125. The number of nitrogens with zero attached hydrogens (tertiary/aromatic N) is 2. The summed E-state index contributed by atoms with van der Waals surface area (Å²) in [6.07, 6.45) is 0. The van der Waals surface area contributed by atoms with Gasteiger partial charge < -0.3 is 4.74 Å². The molecule has 0 saturated carbocycles. The van der Waals surface area contributed by atoms with Gasteiger partial charge in [-0.2, -0.15) is 5.10 Å². The summed E-state index contributed by atoms with van der Waals surface area (Å²) in [5, 5.41) is 13.5. The quantitative estimate of drug-likeness (QED) is 0.443. The Morgan fingerprint density at radius 1 is 1.04 bits per heavy atom. The van der Waals surface area contributed by atoms with Gasteiger partial charge in [0, 0.05) is 0 Å². The van der Waals surface area contributed by atoms with Gasteiger partial charge in [0.25, 0.3) is 0 Å². The van der Waals surface area contributed by atoms with Gasteiger partial charge in [0.1, 0.15) is 17.1 Å². The fourth-order valence-electron chi connectivity index (χ4n) is 1.74. The third-order valence-corrected chi connectivity index (χ3v) is 2.89. The van der Waals surface area contributed by atoms with E-state index in [1.54, 1.807) is 26.2 Å². The van der Waals surface area contributed by atoms with E-state index in [9.17, 15) is 5.21 Å². The van der Waals surface area contributed by atoms with Gasteiger partial charge in [-0.05, 0) is 31.2 Å². The lowest BCUT2D eigenvalue weighted by Crippen LogP contribution is -2.27. The topological polar surface area (TPSA) is 78.2 Å². The molecule has 0 atom stereocenters. The maximum atomic E-state index is 9.29. The number of nitrogens with one attached hydrogen (secondary N) is 2. The second kappa shape index (κ2) is 9.45. The number of hydroxylamine groups is 1. The van der Waals surface area contributed by atoms with Crippen molar-refractivity contribution in [1.82, 2.24) is 5.48 Å². The standard InChI is InChI=1S/C16H18N4O2.ClH/c1-12(18-19-13-8-4-3-5-9-13)16(20-21)17-14-10-6-7-11-15(14)22-2;/h3-11,19,21H,1-2H3,(H,17,20);1H/b18-12-;. The minimum absolute atomic E-state index is 0. The second-order valence-electron chi connectivity index (χ2n) is 4.42. The molecule has 2 rings (SSSR count). The number of hydrazone groups is 1. The number of rotatable bonds is 5.